The zero-order valence-corrected chi connectivity index (χ0v) is 9.65. The van der Waals surface area contributed by atoms with Crippen molar-refractivity contribution in [2.24, 2.45) is 0 Å². The van der Waals surface area contributed by atoms with E-state index >= 15 is 0 Å². The number of oxazole rings is 1. The number of carboxylic acids is 1. The van der Waals surface area contributed by atoms with Crippen LogP contribution < -0.4 is 0 Å². The molecule has 0 aliphatic carbocycles. The van der Waals surface area contributed by atoms with Gasteiger partial charge < -0.3 is 9.52 Å². The molecule has 0 aliphatic rings. The molecule has 0 radical (unpaired) electrons. The molecule has 2 rings (SSSR count). The van der Waals surface area contributed by atoms with Crippen LogP contribution in [0.4, 0.5) is 0 Å². The monoisotopic (exact) mass is 251 g/mol. The number of aromatic nitrogens is 1. The lowest BCUT2D eigenvalue weighted by Crippen LogP contribution is -1.97. The van der Waals surface area contributed by atoms with E-state index in [2.05, 4.69) is 4.98 Å². The number of hydrogen-bond donors (Lipinski definition) is 1. The van der Waals surface area contributed by atoms with Crippen LogP contribution in [0.5, 0.6) is 0 Å². The van der Waals surface area contributed by atoms with E-state index in [1.165, 1.54) is 6.26 Å². The molecule has 0 amide bonds. The second kappa shape index (κ2) is 5.01. The van der Waals surface area contributed by atoms with Crippen molar-refractivity contribution in [1.29, 1.82) is 0 Å². The molecule has 0 saturated heterocycles. The van der Waals surface area contributed by atoms with Gasteiger partial charge in [0.2, 0.25) is 5.89 Å². The van der Waals surface area contributed by atoms with Gasteiger partial charge in [0.25, 0.3) is 0 Å². The van der Waals surface area contributed by atoms with E-state index in [1.807, 2.05) is 0 Å². The number of aryl methyl sites for hydroxylation is 1. The second-order valence-corrected chi connectivity index (χ2v) is 3.98. The van der Waals surface area contributed by atoms with Crippen molar-refractivity contribution in [3.8, 4) is 11.5 Å². The standard InChI is InChI=1S/C12H10ClNO3/c13-9-3-1-8(2-4-9)12-14-10(7-17-12)5-6-11(15)16/h1-4,7H,5-6H2,(H,15,16). The smallest absolute Gasteiger partial charge is 0.303 e. The first kappa shape index (κ1) is 11.7. The molecular weight excluding hydrogens is 242 g/mol. The normalized spacial score (nSPS) is 10.4. The molecule has 0 aliphatic heterocycles. The van der Waals surface area contributed by atoms with Gasteiger partial charge >= 0.3 is 5.97 Å². The van der Waals surface area contributed by atoms with E-state index in [4.69, 9.17) is 21.1 Å². The summed E-state index contributed by atoms with van der Waals surface area (Å²) in [6, 6.07) is 7.10. The summed E-state index contributed by atoms with van der Waals surface area (Å²) in [6.45, 7) is 0. The maximum atomic E-state index is 10.4. The van der Waals surface area contributed by atoms with Gasteiger partial charge in [-0.3, -0.25) is 4.79 Å². The van der Waals surface area contributed by atoms with Crippen LogP contribution in [-0.4, -0.2) is 16.1 Å². The van der Waals surface area contributed by atoms with Gasteiger partial charge in [-0.1, -0.05) is 11.6 Å². The Morgan fingerprint density at radius 2 is 2.06 bits per heavy atom. The molecule has 0 fully saturated rings. The maximum absolute atomic E-state index is 10.4. The molecule has 1 N–H and O–H groups in total. The summed E-state index contributed by atoms with van der Waals surface area (Å²) < 4.78 is 5.28. The highest BCUT2D eigenvalue weighted by molar-refractivity contribution is 6.30. The van der Waals surface area contributed by atoms with Crippen LogP contribution in [0.15, 0.2) is 34.9 Å². The summed E-state index contributed by atoms with van der Waals surface area (Å²) in [5.74, 6) is -0.372. The van der Waals surface area contributed by atoms with Gasteiger partial charge in [-0.05, 0) is 24.3 Å². The Bertz CT molecular complexity index is 519. The first-order valence-electron chi connectivity index (χ1n) is 5.07. The Hall–Kier alpha value is -1.81. The first-order valence-corrected chi connectivity index (χ1v) is 5.45. The number of carboxylic acid groups (broad SMARTS) is 1. The lowest BCUT2D eigenvalue weighted by atomic mass is 10.2. The van der Waals surface area contributed by atoms with E-state index in [0.29, 0.717) is 23.0 Å². The average Bonchev–Trinajstić information content (AvgIpc) is 2.76. The molecule has 0 spiro atoms. The van der Waals surface area contributed by atoms with Crippen LogP contribution in [0.1, 0.15) is 12.1 Å². The largest absolute Gasteiger partial charge is 0.481 e. The van der Waals surface area contributed by atoms with Crippen molar-refractivity contribution in [2.45, 2.75) is 12.8 Å². The molecule has 1 aromatic heterocycles. The summed E-state index contributed by atoms with van der Waals surface area (Å²) in [7, 11) is 0. The van der Waals surface area contributed by atoms with E-state index in [9.17, 15) is 4.79 Å². The minimum atomic E-state index is -0.846. The number of halogens is 1. The van der Waals surface area contributed by atoms with Crippen molar-refractivity contribution in [3.05, 3.63) is 41.2 Å². The summed E-state index contributed by atoms with van der Waals surface area (Å²) >= 11 is 5.77. The van der Waals surface area contributed by atoms with Crippen LogP contribution in [0.3, 0.4) is 0 Å². The fraction of sp³-hybridized carbons (Fsp3) is 0.167. The number of carbonyl (C=O) groups is 1. The van der Waals surface area contributed by atoms with Crippen molar-refractivity contribution in [2.75, 3.05) is 0 Å². The van der Waals surface area contributed by atoms with Crippen LogP contribution in [-0.2, 0) is 11.2 Å². The fourth-order valence-corrected chi connectivity index (χ4v) is 1.51. The number of rotatable bonds is 4. The van der Waals surface area contributed by atoms with Crippen molar-refractivity contribution in [1.82, 2.24) is 4.98 Å². The van der Waals surface area contributed by atoms with E-state index < -0.39 is 5.97 Å². The number of nitrogens with zero attached hydrogens (tertiary/aromatic N) is 1. The van der Waals surface area contributed by atoms with Gasteiger partial charge in [0.1, 0.15) is 6.26 Å². The van der Waals surface area contributed by atoms with Gasteiger partial charge in [-0.2, -0.15) is 0 Å². The number of aliphatic carboxylic acids is 1. The van der Waals surface area contributed by atoms with E-state index in [-0.39, 0.29) is 6.42 Å². The van der Waals surface area contributed by atoms with Crippen LogP contribution >= 0.6 is 11.6 Å². The molecule has 2 aromatic rings. The predicted octanol–water partition coefficient (Wildman–Crippen LogP) is 3.01. The molecule has 0 unspecified atom stereocenters. The Balaban J connectivity index is 2.12. The molecule has 0 bridgehead atoms. The quantitative estimate of drug-likeness (QED) is 0.907. The molecule has 17 heavy (non-hydrogen) atoms. The Morgan fingerprint density at radius 3 is 2.71 bits per heavy atom. The van der Waals surface area contributed by atoms with E-state index in [0.717, 1.165) is 5.56 Å². The summed E-state index contributed by atoms with van der Waals surface area (Å²) in [5, 5.41) is 9.20. The zero-order valence-electron chi connectivity index (χ0n) is 8.89. The molecule has 0 atom stereocenters. The molecular formula is C12H10ClNO3. The third-order valence-electron chi connectivity index (χ3n) is 2.24. The molecule has 1 aromatic carbocycles. The third-order valence-corrected chi connectivity index (χ3v) is 2.49. The van der Waals surface area contributed by atoms with Crippen LogP contribution in [0.2, 0.25) is 5.02 Å². The van der Waals surface area contributed by atoms with Crippen molar-refractivity contribution < 1.29 is 14.3 Å². The minimum Gasteiger partial charge on any atom is -0.481 e. The molecule has 0 saturated carbocycles. The summed E-state index contributed by atoms with van der Waals surface area (Å²) in [4.78, 5) is 14.6. The summed E-state index contributed by atoms with van der Waals surface area (Å²) in [5.41, 5.74) is 1.45. The van der Waals surface area contributed by atoms with E-state index in [1.54, 1.807) is 24.3 Å². The second-order valence-electron chi connectivity index (χ2n) is 3.54. The lowest BCUT2D eigenvalue weighted by Gasteiger charge is -1.94. The Kier molecular flexibility index (Phi) is 3.44. The number of benzene rings is 1. The minimum absolute atomic E-state index is 0.0482. The molecule has 88 valence electrons. The molecule has 4 nitrogen and oxygen atoms in total. The van der Waals surface area contributed by atoms with Gasteiger partial charge in [-0.25, -0.2) is 4.98 Å². The zero-order chi connectivity index (χ0) is 12.3. The Morgan fingerprint density at radius 1 is 1.35 bits per heavy atom. The van der Waals surface area contributed by atoms with Crippen molar-refractivity contribution >= 4 is 17.6 Å². The first-order chi connectivity index (χ1) is 8.15. The lowest BCUT2D eigenvalue weighted by molar-refractivity contribution is -0.136. The average molecular weight is 252 g/mol. The molecule has 1 heterocycles. The maximum Gasteiger partial charge on any atom is 0.303 e. The van der Waals surface area contributed by atoms with Crippen molar-refractivity contribution in [3.63, 3.8) is 0 Å². The highest BCUT2D eigenvalue weighted by atomic mass is 35.5. The van der Waals surface area contributed by atoms with Gasteiger partial charge in [0.15, 0.2) is 0 Å². The van der Waals surface area contributed by atoms with Crippen LogP contribution in [0, 0.1) is 0 Å². The van der Waals surface area contributed by atoms with Gasteiger partial charge in [0, 0.05) is 17.0 Å². The van der Waals surface area contributed by atoms with Crippen LogP contribution in [0.25, 0.3) is 11.5 Å². The highest BCUT2D eigenvalue weighted by Crippen LogP contribution is 2.21. The fourth-order valence-electron chi connectivity index (χ4n) is 1.38. The Labute approximate surface area is 103 Å². The van der Waals surface area contributed by atoms with Gasteiger partial charge in [-0.15, -0.1) is 0 Å². The van der Waals surface area contributed by atoms with Gasteiger partial charge in [0.05, 0.1) is 12.1 Å². The topological polar surface area (TPSA) is 63.3 Å². The summed E-state index contributed by atoms with van der Waals surface area (Å²) in [6.07, 6.45) is 1.89. The SMILES string of the molecule is O=C(O)CCc1coc(-c2ccc(Cl)cc2)n1. The molecule has 5 heteroatoms. The predicted molar refractivity (Wildman–Crippen MR) is 62.9 cm³/mol. The third kappa shape index (κ3) is 3.07. The number of hydrogen-bond acceptors (Lipinski definition) is 3. The highest BCUT2D eigenvalue weighted by Gasteiger charge is 2.07.